The second kappa shape index (κ2) is 4.25. The van der Waals surface area contributed by atoms with Crippen molar-refractivity contribution in [3.8, 4) is 0 Å². The fraction of sp³-hybridized carbons (Fsp3) is 0.125. The Bertz CT molecular complexity index is 397. The summed E-state index contributed by atoms with van der Waals surface area (Å²) >= 11 is 1.61. The lowest BCUT2D eigenvalue weighted by Gasteiger charge is -2.09. The summed E-state index contributed by atoms with van der Waals surface area (Å²) in [6, 6.07) is 3.63. The Morgan fingerprint density at radius 3 is 2.33 bits per heavy atom. The van der Waals surface area contributed by atoms with Crippen LogP contribution in [0.4, 0.5) is 18.9 Å². The molecule has 0 atom stereocenters. The van der Waals surface area contributed by atoms with Crippen LogP contribution < -0.4 is 11.5 Å². The van der Waals surface area contributed by atoms with Crippen molar-refractivity contribution in [2.45, 2.75) is 6.18 Å². The molecule has 0 saturated carbocycles. The van der Waals surface area contributed by atoms with E-state index >= 15 is 0 Å². The van der Waals surface area contributed by atoms with Gasteiger partial charge < -0.3 is 11.5 Å². The summed E-state index contributed by atoms with van der Waals surface area (Å²) in [6.07, 6.45) is -4.40. The van der Waals surface area contributed by atoms with E-state index in [-0.39, 0.29) is 15.2 Å². The van der Waals surface area contributed by atoms with Crippen LogP contribution in [0.2, 0.25) is 0 Å². The van der Waals surface area contributed by atoms with Gasteiger partial charge in [-0.2, -0.15) is 13.2 Å². The molecule has 0 amide bonds. The second-order valence-corrected chi connectivity index (χ2v) is 3.86. The molecule has 1 aromatic rings. The average Bonchev–Trinajstić information content (AvgIpc) is 2.05. The lowest BCUT2D eigenvalue weighted by molar-refractivity contribution is -0.138. The van der Waals surface area contributed by atoms with Gasteiger partial charge in [-0.15, -0.1) is 0 Å². The highest BCUT2D eigenvalue weighted by atomic mass is 127. The number of aliphatic imine (C=N–C) groups is 1. The first-order valence-corrected chi connectivity index (χ1v) is 4.85. The van der Waals surface area contributed by atoms with E-state index in [1.807, 2.05) is 0 Å². The molecule has 1 aromatic carbocycles. The smallest absolute Gasteiger partial charge is 0.370 e. The van der Waals surface area contributed by atoms with E-state index in [0.717, 1.165) is 6.07 Å². The second-order valence-electron chi connectivity index (χ2n) is 2.70. The van der Waals surface area contributed by atoms with Crippen molar-refractivity contribution in [2.75, 3.05) is 0 Å². The predicted molar refractivity (Wildman–Crippen MR) is 59.6 cm³/mol. The Kier molecular flexibility index (Phi) is 3.42. The van der Waals surface area contributed by atoms with Gasteiger partial charge in [0.25, 0.3) is 0 Å². The molecule has 0 bridgehead atoms. The molecule has 0 unspecified atom stereocenters. The Labute approximate surface area is 97.5 Å². The van der Waals surface area contributed by atoms with Crippen molar-refractivity contribution >= 4 is 34.2 Å². The van der Waals surface area contributed by atoms with Crippen molar-refractivity contribution in [3.63, 3.8) is 0 Å². The molecule has 3 nitrogen and oxygen atoms in total. The molecule has 0 aliphatic heterocycles. The van der Waals surface area contributed by atoms with Gasteiger partial charge in [0.1, 0.15) is 0 Å². The number of halogens is 4. The van der Waals surface area contributed by atoms with E-state index < -0.39 is 11.7 Å². The first-order chi connectivity index (χ1) is 6.80. The van der Waals surface area contributed by atoms with Crippen LogP contribution >= 0.6 is 22.6 Å². The van der Waals surface area contributed by atoms with Crippen molar-refractivity contribution in [1.82, 2.24) is 0 Å². The van der Waals surface area contributed by atoms with Crippen molar-refractivity contribution in [2.24, 2.45) is 16.5 Å². The summed E-state index contributed by atoms with van der Waals surface area (Å²) in [5.74, 6) is -0.274. The lowest BCUT2D eigenvalue weighted by atomic mass is 10.2. The number of hydrogen-bond acceptors (Lipinski definition) is 1. The third-order valence-corrected chi connectivity index (χ3v) is 2.45. The van der Waals surface area contributed by atoms with Crippen LogP contribution in [-0.4, -0.2) is 5.96 Å². The number of hydrogen-bond donors (Lipinski definition) is 2. The Hall–Kier alpha value is -0.990. The van der Waals surface area contributed by atoms with E-state index in [9.17, 15) is 13.2 Å². The number of guanidine groups is 1. The average molecular weight is 329 g/mol. The quantitative estimate of drug-likeness (QED) is 0.471. The molecule has 0 aliphatic rings. The molecule has 4 N–H and O–H groups in total. The van der Waals surface area contributed by atoms with Crippen LogP contribution in [0.25, 0.3) is 0 Å². The molecule has 0 heterocycles. The van der Waals surface area contributed by atoms with Gasteiger partial charge in [-0.3, -0.25) is 0 Å². The number of rotatable bonds is 1. The van der Waals surface area contributed by atoms with Gasteiger partial charge >= 0.3 is 6.18 Å². The molecule has 0 spiro atoms. The number of nitrogens with two attached hydrogens (primary N) is 2. The van der Waals surface area contributed by atoms with Gasteiger partial charge in [0.2, 0.25) is 0 Å². The molecule has 0 aliphatic carbocycles. The normalized spacial score (nSPS) is 11.2. The summed E-state index contributed by atoms with van der Waals surface area (Å²) in [7, 11) is 0. The first kappa shape index (κ1) is 12.1. The van der Waals surface area contributed by atoms with Gasteiger partial charge in [0.15, 0.2) is 5.96 Å². The minimum atomic E-state index is -4.40. The Morgan fingerprint density at radius 1 is 1.27 bits per heavy atom. The molecular formula is C8H7F3IN3. The van der Waals surface area contributed by atoms with Crippen LogP contribution in [-0.2, 0) is 6.18 Å². The molecule has 0 radical (unpaired) electrons. The van der Waals surface area contributed by atoms with Crippen molar-refractivity contribution < 1.29 is 13.2 Å². The van der Waals surface area contributed by atoms with E-state index in [0.29, 0.717) is 0 Å². The predicted octanol–water partition coefficient (Wildman–Crippen LogP) is 2.21. The number of alkyl halides is 3. The molecule has 7 heteroatoms. The summed E-state index contributed by atoms with van der Waals surface area (Å²) in [5.41, 5.74) is 9.47. The standard InChI is InChI=1S/C8H7F3IN3/c9-8(10,11)5-3-4(15-7(13)14)1-2-6(5)12/h1-3H,(H4,13,14,15). The van der Waals surface area contributed by atoms with Gasteiger partial charge in [-0.1, -0.05) is 0 Å². The van der Waals surface area contributed by atoms with Crippen molar-refractivity contribution in [3.05, 3.63) is 27.3 Å². The third-order valence-electron chi connectivity index (χ3n) is 1.51. The molecule has 1 rings (SSSR count). The van der Waals surface area contributed by atoms with E-state index in [1.54, 1.807) is 22.6 Å². The zero-order chi connectivity index (χ0) is 11.6. The molecule has 82 valence electrons. The van der Waals surface area contributed by atoms with Gasteiger partial charge in [-0.25, -0.2) is 4.99 Å². The van der Waals surface area contributed by atoms with Crippen molar-refractivity contribution in [1.29, 1.82) is 0 Å². The first-order valence-electron chi connectivity index (χ1n) is 3.77. The van der Waals surface area contributed by atoms with Crippen LogP contribution in [0.5, 0.6) is 0 Å². The van der Waals surface area contributed by atoms with Crippen LogP contribution in [0.1, 0.15) is 5.56 Å². The van der Waals surface area contributed by atoms with E-state index in [4.69, 9.17) is 11.5 Å². The summed E-state index contributed by atoms with van der Waals surface area (Å²) in [6.45, 7) is 0. The van der Waals surface area contributed by atoms with Gasteiger partial charge in [0, 0.05) is 3.57 Å². The zero-order valence-electron chi connectivity index (χ0n) is 7.35. The topological polar surface area (TPSA) is 64.4 Å². The molecular weight excluding hydrogens is 322 g/mol. The SMILES string of the molecule is NC(N)=Nc1ccc(I)c(C(F)(F)F)c1. The Balaban J connectivity index is 3.23. The van der Waals surface area contributed by atoms with E-state index in [1.165, 1.54) is 12.1 Å². The Morgan fingerprint density at radius 2 is 1.87 bits per heavy atom. The summed E-state index contributed by atoms with van der Waals surface area (Å²) in [5, 5.41) is 0. The minimum Gasteiger partial charge on any atom is -0.370 e. The minimum absolute atomic E-state index is 0.0859. The molecule has 15 heavy (non-hydrogen) atoms. The fourth-order valence-corrected chi connectivity index (χ4v) is 1.59. The maximum atomic E-state index is 12.5. The largest absolute Gasteiger partial charge is 0.417 e. The van der Waals surface area contributed by atoms with Crippen LogP contribution in [0, 0.1) is 3.57 Å². The van der Waals surface area contributed by atoms with E-state index in [2.05, 4.69) is 4.99 Å². The highest BCUT2D eigenvalue weighted by Crippen LogP contribution is 2.34. The highest BCUT2D eigenvalue weighted by Gasteiger charge is 2.33. The monoisotopic (exact) mass is 329 g/mol. The maximum absolute atomic E-state index is 12.5. The zero-order valence-corrected chi connectivity index (χ0v) is 9.50. The lowest BCUT2D eigenvalue weighted by Crippen LogP contribution is -2.22. The van der Waals surface area contributed by atoms with Crippen LogP contribution in [0.3, 0.4) is 0 Å². The number of nitrogens with zero attached hydrogens (tertiary/aromatic N) is 1. The van der Waals surface area contributed by atoms with Gasteiger partial charge in [-0.05, 0) is 40.8 Å². The van der Waals surface area contributed by atoms with Gasteiger partial charge in [0.05, 0.1) is 11.3 Å². The molecule has 0 aromatic heterocycles. The van der Waals surface area contributed by atoms with Crippen LogP contribution in [0.15, 0.2) is 23.2 Å². The summed E-state index contributed by atoms with van der Waals surface area (Å²) in [4.78, 5) is 3.54. The third kappa shape index (κ3) is 3.26. The highest BCUT2D eigenvalue weighted by molar-refractivity contribution is 14.1. The molecule has 0 fully saturated rings. The summed E-state index contributed by atoms with van der Waals surface area (Å²) < 4.78 is 37.5. The fourth-order valence-electron chi connectivity index (χ4n) is 0.949. The molecule has 0 saturated heterocycles. The maximum Gasteiger partial charge on any atom is 0.417 e. The number of benzene rings is 1.